The van der Waals surface area contributed by atoms with E-state index in [1.54, 1.807) is 0 Å². The standard InChI is InChI=1S/2C11H21N/c2*1-7(2)10-5-9-6-11(9)12(10)8(3)4/h2*7-11H,5-6H2,1-4H3/t9?,10-,11-;9-,10-,11+/m00/s1. The minimum absolute atomic E-state index is 0.759. The maximum Gasteiger partial charge on any atom is 0.0134 e. The molecule has 2 aliphatic heterocycles. The molecule has 0 aromatic rings. The first-order chi connectivity index (χ1) is 11.2. The third-order valence-corrected chi connectivity index (χ3v) is 7.12. The molecule has 0 aromatic carbocycles. The molecule has 0 radical (unpaired) electrons. The van der Waals surface area contributed by atoms with Crippen LogP contribution in [0.1, 0.15) is 81.1 Å². The smallest absolute Gasteiger partial charge is 0.0134 e. The average molecular weight is 335 g/mol. The molecule has 4 fully saturated rings. The van der Waals surface area contributed by atoms with Crippen LogP contribution in [0.15, 0.2) is 0 Å². The molecule has 0 N–H and O–H groups in total. The largest absolute Gasteiger partial charge is 0.294 e. The summed E-state index contributed by atoms with van der Waals surface area (Å²) in [5.41, 5.74) is 0. The third kappa shape index (κ3) is 3.56. The molecule has 2 aliphatic carbocycles. The Balaban J connectivity index is 0.000000141. The minimum Gasteiger partial charge on any atom is -0.294 e. The van der Waals surface area contributed by atoms with E-state index in [-0.39, 0.29) is 0 Å². The summed E-state index contributed by atoms with van der Waals surface area (Å²) in [5, 5.41) is 0. The van der Waals surface area contributed by atoms with Crippen LogP contribution in [0.2, 0.25) is 0 Å². The second-order valence-corrected chi connectivity index (χ2v) is 10.3. The highest BCUT2D eigenvalue weighted by Crippen LogP contribution is 2.51. The number of hydrogen-bond acceptors (Lipinski definition) is 2. The zero-order valence-electron chi connectivity index (χ0n) is 17.5. The molecule has 140 valence electrons. The number of nitrogens with zero attached hydrogens (tertiary/aromatic N) is 2. The Hall–Kier alpha value is -0.0800. The van der Waals surface area contributed by atoms with Gasteiger partial charge >= 0.3 is 0 Å². The molecule has 1 unspecified atom stereocenters. The minimum atomic E-state index is 0.759. The zero-order valence-corrected chi connectivity index (χ0v) is 17.5. The number of fused-ring (bicyclic) bond motifs is 2. The topological polar surface area (TPSA) is 6.48 Å². The van der Waals surface area contributed by atoms with Gasteiger partial charge in [0.05, 0.1) is 0 Å². The number of piperidine rings is 2. The van der Waals surface area contributed by atoms with E-state index < -0.39 is 0 Å². The van der Waals surface area contributed by atoms with Crippen molar-refractivity contribution in [1.29, 1.82) is 0 Å². The van der Waals surface area contributed by atoms with E-state index in [0.29, 0.717) is 0 Å². The van der Waals surface area contributed by atoms with Crippen molar-refractivity contribution in [2.75, 3.05) is 0 Å². The lowest BCUT2D eigenvalue weighted by atomic mass is 9.99. The molecule has 6 atom stereocenters. The van der Waals surface area contributed by atoms with Gasteiger partial charge in [-0.2, -0.15) is 0 Å². The van der Waals surface area contributed by atoms with Crippen LogP contribution in [0.5, 0.6) is 0 Å². The van der Waals surface area contributed by atoms with Gasteiger partial charge in [0, 0.05) is 36.3 Å². The predicted octanol–water partition coefficient (Wildman–Crippen LogP) is 5.03. The number of hydrogen-bond donors (Lipinski definition) is 0. The Morgan fingerprint density at radius 2 is 0.875 bits per heavy atom. The van der Waals surface area contributed by atoms with E-state index in [0.717, 1.165) is 59.9 Å². The van der Waals surface area contributed by atoms with E-state index >= 15 is 0 Å². The summed E-state index contributed by atoms with van der Waals surface area (Å²) >= 11 is 0. The Labute approximate surface area is 151 Å². The monoisotopic (exact) mass is 334 g/mol. The quantitative estimate of drug-likeness (QED) is 0.711. The van der Waals surface area contributed by atoms with Crippen LogP contribution in [-0.4, -0.2) is 46.1 Å². The van der Waals surface area contributed by atoms with Crippen molar-refractivity contribution in [2.24, 2.45) is 23.7 Å². The van der Waals surface area contributed by atoms with Crippen molar-refractivity contribution in [1.82, 2.24) is 9.80 Å². The Morgan fingerprint density at radius 1 is 0.542 bits per heavy atom. The number of likely N-dealkylation sites (tertiary alicyclic amines) is 2. The Morgan fingerprint density at radius 3 is 1.08 bits per heavy atom. The lowest BCUT2D eigenvalue weighted by molar-refractivity contribution is 0.136. The van der Waals surface area contributed by atoms with Gasteiger partial charge in [-0.1, -0.05) is 27.7 Å². The molecule has 4 aliphatic rings. The van der Waals surface area contributed by atoms with Crippen LogP contribution in [-0.2, 0) is 0 Å². The first-order valence-corrected chi connectivity index (χ1v) is 10.8. The molecule has 2 nitrogen and oxygen atoms in total. The molecule has 24 heavy (non-hydrogen) atoms. The van der Waals surface area contributed by atoms with Crippen molar-refractivity contribution >= 4 is 0 Å². The predicted molar refractivity (Wildman–Crippen MR) is 104 cm³/mol. The van der Waals surface area contributed by atoms with Crippen molar-refractivity contribution in [3.63, 3.8) is 0 Å². The van der Waals surface area contributed by atoms with Gasteiger partial charge in [-0.15, -0.1) is 0 Å². The van der Waals surface area contributed by atoms with Crippen LogP contribution in [0, 0.1) is 23.7 Å². The average Bonchev–Trinajstić information content (AvgIpc) is 3.35. The van der Waals surface area contributed by atoms with Gasteiger partial charge in [0.2, 0.25) is 0 Å². The van der Waals surface area contributed by atoms with Gasteiger partial charge in [0.1, 0.15) is 0 Å². The highest BCUT2D eigenvalue weighted by atomic mass is 15.3. The van der Waals surface area contributed by atoms with E-state index in [4.69, 9.17) is 0 Å². The summed E-state index contributed by atoms with van der Waals surface area (Å²) in [7, 11) is 0. The van der Waals surface area contributed by atoms with Gasteiger partial charge in [0.15, 0.2) is 0 Å². The lowest BCUT2D eigenvalue weighted by Gasteiger charge is -2.33. The fourth-order valence-electron chi connectivity index (χ4n) is 5.82. The molecule has 4 rings (SSSR count). The molecular weight excluding hydrogens is 292 g/mol. The third-order valence-electron chi connectivity index (χ3n) is 7.12. The Kier molecular flexibility index (Phi) is 5.39. The zero-order chi connectivity index (χ0) is 17.8. The summed E-state index contributed by atoms with van der Waals surface area (Å²) in [6.45, 7) is 18.8. The highest BCUT2D eigenvalue weighted by Gasteiger charge is 2.53. The van der Waals surface area contributed by atoms with Crippen LogP contribution in [0.4, 0.5) is 0 Å². The summed E-state index contributed by atoms with van der Waals surface area (Å²) < 4.78 is 0. The first-order valence-electron chi connectivity index (χ1n) is 10.8. The first kappa shape index (κ1) is 18.7. The fourth-order valence-corrected chi connectivity index (χ4v) is 5.82. The summed E-state index contributed by atoms with van der Waals surface area (Å²) in [6.07, 6.45) is 5.92. The molecule has 2 saturated carbocycles. The molecule has 2 heteroatoms. The Bertz CT molecular complexity index is 388. The van der Waals surface area contributed by atoms with Gasteiger partial charge in [-0.3, -0.25) is 9.80 Å². The second kappa shape index (κ2) is 6.91. The van der Waals surface area contributed by atoms with Gasteiger partial charge in [-0.05, 0) is 77.0 Å². The van der Waals surface area contributed by atoms with Gasteiger partial charge < -0.3 is 0 Å². The van der Waals surface area contributed by atoms with Crippen molar-refractivity contribution in [3.8, 4) is 0 Å². The van der Waals surface area contributed by atoms with Crippen molar-refractivity contribution in [2.45, 2.75) is 117 Å². The van der Waals surface area contributed by atoms with Crippen LogP contribution >= 0.6 is 0 Å². The lowest BCUT2D eigenvalue weighted by Crippen LogP contribution is -2.41. The van der Waals surface area contributed by atoms with E-state index in [1.807, 2.05) is 0 Å². The van der Waals surface area contributed by atoms with Gasteiger partial charge in [0.25, 0.3) is 0 Å². The van der Waals surface area contributed by atoms with Crippen molar-refractivity contribution < 1.29 is 0 Å². The summed E-state index contributed by atoms with van der Waals surface area (Å²) in [4.78, 5) is 5.52. The molecule has 0 spiro atoms. The molecule has 0 amide bonds. The molecule has 0 bridgehead atoms. The molecular formula is C22H42N2. The molecule has 2 heterocycles. The highest BCUT2D eigenvalue weighted by molar-refractivity contribution is 5.08. The van der Waals surface area contributed by atoms with Gasteiger partial charge in [-0.25, -0.2) is 0 Å². The van der Waals surface area contributed by atoms with E-state index in [2.05, 4.69) is 65.2 Å². The number of rotatable bonds is 4. The maximum absolute atomic E-state index is 2.76. The van der Waals surface area contributed by atoms with E-state index in [1.165, 1.54) is 25.7 Å². The maximum atomic E-state index is 2.76. The SMILES string of the molecule is CC(C)[C@@H]1CC2C[C@@H]2N1C(C)C.CC(C)[C@@H]1C[C@H]2C[C@H]2N1C(C)C. The second-order valence-electron chi connectivity index (χ2n) is 10.3. The van der Waals surface area contributed by atoms with Crippen LogP contribution < -0.4 is 0 Å². The normalized spacial score (nSPS) is 41.0. The molecule has 2 saturated heterocycles. The molecule has 0 aromatic heterocycles. The summed E-state index contributed by atoms with van der Waals surface area (Å²) in [6, 6.07) is 5.22. The fraction of sp³-hybridized carbons (Fsp3) is 1.00. The summed E-state index contributed by atoms with van der Waals surface area (Å²) in [5.74, 6) is 3.83. The van der Waals surface area contributed by atoms with Crippen molar-refractivity contribution in [3.05, 3.63) is 0 Å². The van der Waals surface area contributed by atoms with Crippen LogP contribution in [0.25, 0.3) is 0 Å². The van der Waals surface area contributed by atoms with E-state index in [9.17, 15) is 0 Å². The van der Waals surface area contributed by atoms with Crippen LogP contribution in [0.3, 0.4) is 0 Å².